The molecule has 0 spiro atoms. The largest absolute Gasteiger partial charge is 0.383 e. The number of nitrogens with one attached hydrogen (secondary N) is 2. The summed E-state index contributed by atoms with van der Waals surface area (Å²) >= 11 is 0. The van der Waals surface area contributed by atoms with Crippen molar-refractivity contribution < 1.29 is 0 Å². The fourth-order valence-corrected chi connectivity index (χ4v) is 3.77. The monoisotopic (exact) mass is 466 g/mol. The van der Waals surface area contributed by atoms with Crippen LogP contribution in [0, 0.1) is 24.2 Å². The molecule has 2 heterocycles. The summed E-state index contributed by atoms with van der Waals surface area (Å²) in [7, 11) is 0. The van der Waals surface area contributed by atoms with Crippen LogP contribution in [0.25, 0.3) is 16.5 Å². The van der Waals surface area contributed by atoms with E-state index in [1.807, 2.05) is 70.2 Å². The van der Waals surface area contributed by atoms with Gasteiger partial charge in [0.25, 0.3) is 5.56 Å². The Hall–Kier alpha value is -4.44. The quantitative estimate of drug-likeness (QED) is 0.256. The van der Waals surface area contributed by atoms with Crippen LogP contribution in [0.3, 0.4) is 0 Å². The zero-order chi connectivity index (χ0) is 25.5. The molecule has 0 amide bonds. The van der Waals surface area contributed by atoms with Gasteiger partial charge in [0.15, 0.2) is 0 Å². The molecule has 0 radical (unpaired) electrons. The van der Waals surface area contributed by atoms with Crippen LogP contribution in [0.5, 0.6) is 0 Å². The van der Waals surface area contributed by atoms with E-state index >= 15 is 0 Å². The Kier molecular flexibility index (Phi) is 8.00. The van der Waals surface area contributed by atoms with E-state index in [1.54, 1.807) is 4.57 Å². The van der Waals surface area contributed by atoms with Crippen molar-refractivity contribution in [3.8, 4) is 11.8 Å². The number of aromatic nitrogens is 3. The standard InChI is InChI=1S/C28H30N6O/c1-6-8-13-22(29)25-26(30)32-17-33-27(25)31-16-21-15-20-12-10-11-19(5)24(20)28(35)34(21)23(18(3)4)14-9-7-2/h7,9-12,14-15,17,29H,3,6,16H2,1-2,4-5H3,(H3,30,31,32,33)/b9-7-,23-14+,29-22?. The average molecular weight is 467 g/mol. The molecule has 0 saturated carbocycles. The van der Waals surface area contributed by atoms with Crippen molar-refractivity contribution in [1.29, 1.82) is 5.41 Å². The van der Waals surface area contributed by atoms with Crippen molar-refractivity contribution in [3.63, 3.8) is 0 Å². The molecule has 0 aliphatic heterocycles. The number of aryl methyl sites for hydroxylation is 1. The van der Waals surface area contributed by atoms with E-state index in [0.29, 0.717) is 34.6 Å². The summed E-state index contributed by atoms with van der Waals surface area (Å²) in [4.78, 5) is 22.1. The van der Waals surface area contributed by atoms with Gasteiger partial charge in [-0.25, -0.2) is 9.97 Å². The van der Waals surface area contributed by atoms with Gasteiger partial charge in [-0.2, -0.15) is 0 Å². The lowest BCUT2D eigenvalue weighted by Gasteiger charge is -2.19. The molecule has 0 aliphatic rings. The van der Waals surface area contributed by atoms with Crippen LogP contribution in [0.4, 0.5) is 11.6 Å². The summed E-state index contributed by atoms with van der Waals surface area (Å²) in [5, 5.41) is 13.1. The van der Waals surface area contributed by atoms with Crippen LogP contribution in [0.15, 0.2) is 65.8 Å². The first-order chi connectivity index (χ1) is 16.8. The minimum absolute atomic E-state index is 0.0366. The molecule has 3 aromatic rings. The zero-order valence-electron chi connectivity index (χ0n) is 20.6. The molecule has 35 heavy (non-hydrogen) atoms. The molecular weight excluding hydrogens is 436 g/mol. The Morgan fingerprint density at radius 2 is 2.11 bits per heavy atom. The van der Waals surface area contributed by atoms with Crippen LogP contribution >= 0.6 is 0 Å². The predicted molar refractivity (Wildman–Crippen MR) is 146 cm³/mol. The van der Waals surface area contributed by atoms with Crippen molar-refractivity contribution in [2.24, 2.45) is 0 Å². The number of hydrogen-bond acceptors (Lipinski definition) is 6. The lowest BCUT2D eigenvalue weighted by Crippen LogP contribution is -2.26. The number of anilines is 2. The number of pyridine rings is 1. The van der Waals surface area contributed by atoms with Gasteiger partial charge in [-0.3, -0.25) is 14.8 Å². The first-order valence-corrected chi connectivity index (χ1v) is 11.4. The lowest BCUT2D eigenvalue weighted by atomic mass is 10.0. The highest BCUT2D eigenvalue weighted by Crippen LogP contribution is 2.23. The number of allylic oxidation sites excluding steroid dienone is 5. The van der Waals surface area contributed by atoms with Crippen LogP contribution in [-0.2, 0) is 6.54 Å². The highest BCUT2D eigenvalue weighted by molar-refractivity contribution is 6.16. The smallest absolute Gasteiger partial charge is 0.263 e. The third-order valence-electron chi connectivity index (χ3n) is 5.41. The van der Waals surface area contributed by atoms with Gasteiger partial charge in [-0.05, 0) is 55.4 Å². The summed E-state index contributed by atoms with van der Waals surface area (Å²) in [5.74, 6) is 6.21. The molecule has 1 aromatic carbocycles. The Morgan fingerprint density at radius 1 is 1.34 bits per heavy atom. The molecule has 0 atom stereocenters. The maximum atomic E-state index is 13.8. The third kappa shape index (κ3) is 5.39. The Morgan fingerprint density at radius 3 is 2.80 bits per heavy atom. The van der Waals surface area contributed by atoms with Crippen molar-refractivity contribution in [2.45, 2.75) is 40.7 Å². The van der Waals surface area contributed by atoms with Crippen molar-refractivity contribution >= 4 is 33.8 Å². The van der Waals surface area contributed by atoms with E-state index in [-0.39, 0.29) is 23.6 Å². The van der Waals surface area contributed by atoms with Gasteiger partial charge in [0.2, 0.25) is 0 Å². The number of nitrogens with two attached hydrogens (primary N) is 1. The van der Waals surface area contributed by atoms with Crippen LogP contribution in [-0.4, -0.2) is 20.2 Å². The predicted octanol–water partition coefficient (Wildman–Crippen LogP) is 5.07. The zero-order valence-corrected chi connectivity index (χ0v) is 20.6. The summed E-state index contributed by atoms with van der Waals surface area (Å²) in [6.07, 6.45) is 7.61. The topological polar surface area (TPSA) is 110 Å². The molecule has 7 nitrogen and oxygen atoms in total. The van der Waals surface area contributed by atoms with E-state index in [2.05, 4.69) is 33.7 Å². The molecular formula is C28H30N6O. The lowest BCUT2D eigenvalue weighted by molar-refractivity contribution is 0.904. The van der Waals surface area contributed by atoms with Gasteiger partial charge in [0.1, 0.15) is 23.7 Å². The minimum Gasteiger partial charge on any atom is -0.383 e. The fourth-order valence-electron chi connectivity index (χ4n) is 3.77. The van der Waals surface area contributed by atoms with Crippen molar-refractivity contribution in [3.05, 3.63) is 88.1 Å². The summed E-state index contributed by atoms with van der Waals surface area (Å²) < 4.78 is 1.68. The van der Waals surface area contributed by atoms with Gasteiger partial charge in [-0.15, -0.1) is 0 Å². The second-order valence-corrected chi connectivity index (χ2v) is 8.04. The molecule has 0 fully saturated rings. The molecule has 4 N–H and O–H groups in total. The molecule has 7 heteroatoms. The maximum Gasteiger partial charge on any atom is 0.263 e. The van der Waals surface area contributed by atoms with E-state index in [4.69, 9.17) is 11.1 Å². The van der Waals surface area contributed by atoms with E-state index < -0.39 is 0 Å². The van der Waals surface area contributed by atoms with E-state index in [1.165, 1.54) is 6.33 Å². The number of fused-ring (bicyclic) bond motifs is 1. The Balaban J connectivity index is 2.19. The van der Waals surface area contributed by atoms with Crippen LogP contribution in [0.1, 0.15) is 44.0 Å². The average Bonchev–Trinajstić information content (AvgIpc) is 2.82. The molecule has 2 aromatic heterocycles. The first kappa shape index (κ1) is 25.2. The normalized spacial score (nSPS) is 11.4. The van der Waals surface area contributed by atoms with Gasteiger partial charge in [0.05, 0.1) is 23.2 Å². The number of nitrogen functional groups attached to an aromatic ring is 1. The highest BCUT2D eigenvalue weighted by atomic mass is 16.1. The molecule has 178 valence electrons. The maximum absolute atomic E-state index is 13.8. The Bertz CT molecular complexity index is 1480. The molecule has 3 rings (SSSR count). The third-order valence-corrected chi connectivity index (χ3v) is 5.41. The molecule has 0 aliphatic carbocycles. The van der Waals surface area contributed by atoms with Gasteiger partial charge in [-0.1, -0.05) is 49.8 Å². The molecule has 0 saturated heterocycles. The van der Waals surface area contributed by atoms with Crippen LogP contribution in [0.2, 0.25) is 0 Å². The molecule has 0 unspecified atom stereocenters. The number of benzene rings is 1. The van der Waals surface area contributed by atoms with Gasteiger partial charge < -0.3 is 11.1 Å². The second kappa shape index (κ2) is 11.1. The second-order valence-electron chi connectivity index (χ2n) is 8.04. The number of hydrogen-bond donors (Lipinski definition) is 3. The van der Waals surface area contributed by atoms with Gasteiger partial charge in [0, 0.05) is 12.1 Å². The van der Waals surface area contributed by atoms with Crippen LogP contribution < -0.4 is 16.6 Å². The van der Waals surface area contributed by atoms with Gasteiger partial charge >= 0.3 is 0 Å². The van der Waals surface area contributed by atoms with E-state index in [9.17, 15) is 4.79 Å². The Labute approximate surface area is 205 Å². The van der Waals surface area contributed by atoms with Crippen molar-refractivity contribution in [1.82, 2.24) is 14.5 Å². The first-order valence-electron chi connectivity index (χ1n) is 11.4. The fraction of sp³-hybridized carbons (Fsp3) is 0.214. The summed E-state index contributed by atoms with van der Waals surface area (Å²) in [6.45, 7) is 12.0. The number of nitrogens with zero attached hydrogens (tertiary/aromatic N) is 3. The molecule has 0 bridgehead atoms. The SMILES string of the molecule is C=C(C)/C(=C\C=C/C)n1c(CNc2ncnc(N)c2C(=N)C#CCC)cc2cccc(C)c2c1=O. The highest BCUT2D eigenvalue weighted by Gasteiger charge is 2.17. The van der Waals surface area contributed by atoms with Crippen molar-refractivity contribution in [2.75, 3.05) is 11.1 Å². The van der Waals surface area contributed by atoms with E-state index in [0.717, 1.165) is 16.5 Å². The summed E-state index contributed by atoms with van der Waals surface area (Å²) in [6, 6.07) is 7.78. The summed E-state index contributed by atoms with van der Waals surface area (Å²) in [5.41, 5.74) is 9.38. The minimum atomic E-state index is -0.125. The number of rotatable bonds is 7.